The SMILES string of the molecule is Cl.O=S(=O)(NC1CC1)c1cccc(S(=O)(=O)N2C3CCNCC2CC3)c1. The summed E-state index contributed by atoms with van der Waals surface area (Å²) in [5, 5.41) is 3.28. The number of sulfonamides is 2. The zero-order valence-corrected chi connectivity index (χ0v) is 16.7. The second-order valence-corrected chi connectivity index (χ2v) is 10.6. The highest BCUT2D eigenvalue weighted by Crippen LogP contribution is 2.34. The summed E-state index contributed by atoms with van der Waals surface area (Å²) in [6.45, 7) is 1.46. The zero-order valence-electron chi connectivity index (χ0n) is 14.3. The molecule has 4 rings (SSSR count). The molecule has 10 heteroatoms. The van der Waals surface area contributed by atoms with Crippen molar-refractivity contribution in [2.45, 2.75) is 60.0 Å². The Morgan fingerprint density at radius 2 is 1.65 bits per heavy atom. The van der Waals surface area contributed by atoms with Gasteiger partial charge in [0.2, 0.25) is 20.0 Å². The average Bonchev–Trinajstić information content (AvgIpc) is 3.29. The van der Waals surface area contributed by atoms with Crippen molar-refractivity contribution in [2.24, 2.45) is 0 Å². The smallest absolute Gasteiger partial charge is 0.243 e. The summed E-state index contributed by atoms with van der Waals surface area (Å²) in [4.78, 5) is 0.0748. The van der Waals surface area contributed by atoms with Crippen LogP contribution in [0.3, 0.4) is 0 Å². The third kappa shape index (κ3) is 3.79. The van der Waals surface area contributed by atoms with Gasteiger partial charge in [0.25, 0.3) is 0 Å². The maximum atomic E-state index is 13.2. The van der Waals surface area contributed by atoms with E-state index in [1.165, 1.54) is 24.3 Å². The molecule has 7 nitrogen and oxygen atoms in total. The van der Waals surface area contributed by atoms with Gasteiger partial charge in [-0.1, -0.05) is 6.07 Å². The van der Waals surface area contributed by atoms with E-state index in [9.17, 15) is 16.8 Å². The second-order valence-electron chi connectivity index (χ2n) is 7.08. The first-order chi connectivity index (χ1) is 11.9. The Kier molecular flexibility index (Phi) is 5.68. The van der Waals surface area contributed by atoms with E-state index in [-0.39, 0.29) is 40.3 Å². The number of rotatable bonds is 5. The third-order valence-electron chi connectivity index (χ3n) is 5.18. The van der Waals surface area contributed by atoms with E-state index in [0.29, 0.717) is 6.54 Å². The van der Waals surface area contributed by atoms with E-state index in [2.05, 4.69) is 10.0 Å². The van der Waals surface area contributed by atoms with Crippen LogP contribution in [0.25, 0.3) is 0 Å². The Morgan fingerprint density at radius 3 is 2.38 bits per heavy atom. The normalized spacial score (nSPS) is 26.9. The topological polar surface area (TPSA) is 95.6 Å². The lowest BCUT2D eigenvalue weighted by atomic mass is 10.1. The minimum atomic E-state index is -3.72. The van der Waals surface area contributed by atoms with Crippen LogP contribution in [-0.2, 0) is 20.0 Å². The van der Waals surface area contributed by atoms with Crippen molar-refractivity contribution >= 4 is 32.5 Å². The number of nitrogens with zero attached hydrogens (tertiary/aromatic N) is 1. The fraction of sp³-hybridized carbons (Fsp3) is 0.625. The number of hydrogen-bond acceptors (Lipinski definition) is 5. The van der Waals surface area contributed by atoms with Gasteiger partial charge in [-0.05, 0) is 56.8 Å². The monoisotopic (exact) mass is 421 g/mol. The molecule has 2 bridgehead atoms. The first kappa shape index (κ1) is 20.0. The molecule has 2 saturated heterocycles. The molecule has 0 amide bonds. The molecule has 3 aliphatic rings. The quantitative estimate of drug-likeness (QED) is 0.741. The summed E-state index contributed by atoms with van der Waals surface area (Å²) in [6.07, 6.45) is 4.17. The van der Waals surface area contributed by atoms with Gasteiger partial charge >= 0.3 is 0 Å². The molecule has 0 spiro atoms. The van der Waals surface area contributed by atoms with E-state index < -0.39 is 20.0 Å². The highest BCUT2D eigenvalue weighted by molar-refractivity contribution is 7.90. The zero-order chi connectivity index (χ0) is 17.7. The molecule has 146 valence electrons. The number of fused-ring (bicyclic) bond motifs is 2. The highest BCUT2D eigenvalue weighted by atomic mass is 35.5. The molecule has 2 heterocycles. The lowest BCUT2D eigenvalue weighted by Crippen LogP contribution is -2.42. The molecule has 2 atom stereocenters. The molecule has 2 N–H and O–H groups in total. The molecule has 26 heavy (non-hydrogen) atoms. The van der Waals surface area contributed by atoms with Crippen LogP contribution in [0.1, 0.15) is 32.1 Å². The third-order valence-corrected chi connectivity index (χ3v) is 8.70. The number of nitrogens with one attached hydrogen (secondary N) is 2. The number of benzene rings is 1. The molecule has 1 aromatic rings. The lowest BCUT2D eigenvalue weighted by molar-refractivity contribution is 0.334. The summed E-state index contributed by atoms with van der Waals surface area (Å²) in [5.41, 5.74) is 0. The standard InChI is InChI=1S/C16H23N3O4S2.ClH/c20-24(21,18-12-4-5-12)15-2-1-3-16(10-15)25(22,23)19-13-6-7-14(19)11-17-9-8-13;/h1-3,10,12-14,17-18H,4-9,11H2;1H. The Morgan fingerprint density at radius 1 is 0.962 bits per heavy atom. The Labute approximate surface area is 161 Å². The van der Waals surface area contributed by atoms with Crippen molar-refractivity contribution < 1.29 is 16.8 Å². The van der Waals surface area contributed by atoms with Crippen molar-refractivity contribution in [2.75, 3.05) is 13.1 Å². The van der Waals surface area contributed by atoms with Crippen LogP contribution in [0.5, 0.6) is 0 Å². The van der Waals surface area contributed by atoms with E-state index in [1.54, 1.807) is 4.31 Å². The molecule has 1 saturated carbocycles. The molecule has 1 aliphatic carbocycles. The van der Waals surface area contributed by atoms with Gasteiger partial charge in [0.15, 0.2) is 0 Å². The average molecular weight is 422 g/mol. The van der Waals surface area contributed by atoms with Crippen molar-refractivity contribution in [1.82, 2.24) is 14.3 Å². The minimum absolute atomic E-state index is 0. The van der Waals surface area contributed by atoms with Crippen LogP contribution >= 0.6 is 12.4 Å². The van der Waals surface area contributed by atoms with E-state index in [1.807, 2.05) is 0 Å². The molecule has 3 fully saturated rings. The van der Waals surface area contributed by atoms with Gasteiger partial charge in [-0.2, -0.15) is 4.31 Å². The summed E-state index contributed by atoms with van der Waals surface area (Å²) in [7, 11) is -7.39. The van der Waals surface area contributed by atoms with Crippen molar-refractivity contribution in [3.05, 3.63) is 24.3 Å². The fourth-order valence-electron chi connectivity index (χ4n) is 3.74. The molecule has 2 aliphatic heterocycles. The minimum Gasteiger partial charge on any atom is -0.315 e. The van der Waals surface area contributed by atoms with Crippen molar-refractivity contribution in [3.63, 3.8) is 0 Å². The van der Waals surface area contributed by atoms with Gasteiger partial charge in [0.1, 0.15) is 0 Å². The maximum Gasteiger partial charge on any atom is 0.243 e. The highest BCUT2D eigenvalue weighted by Gasteiger charge is 2.43. The van der Waals surface area contributed by atoms with Gasteiger partial charge in [0.05, 0.1) is 9.79 Å². The maximum absolute atomic E-state index is 13.2. The summed E-state index contributed by atoms with van der Waals surface area (Å²) in [5.74, 6) is 0. The molecule has 2 unspecified atom stereocenters. The van der Waals surface area contributed by atoms with E-state index in [4.69, 9.17) is 0 Å². The molecular formula is C16H24ClN3O4S2. The van der Waals surface area contributed by atoms with Crippen LogP contribution < -0.4 is 10.0 Å². The molecule has 0 radical (unpaired) electrons. The molecule has 0 aromatic heterocycles. The predicted molar refractivity (Wildman–Crippen MR) is 100 cm³/mol. The number of hydrogen-bond donors (Lipinski definition) is 2. The number of halogens is 1. The second kappa shape index (κ2) is 7.37. The Hall–Kier alpha value is -0.710. The van der Waals surface area contributed by atoms with E-state index >= 15 is 0 Å². The predicted octanol–water partition coefficient (Wildman–Crippen LogP) is 1.06. The lowest BCUT2D eigenvalue weighted by Gasteiger charge is -2.27. The van der Waals surface area contributed by atoms with Gasteiger partial charge in [-0.15, -0.1) is 12.4 Å². The molecule has 1 aromatic carbocycles. The van der Waals surface area contributed by atoms with Crippen LogP contribution in [0.4, 0.5) is 0 Å². The summed E-state index contributed by atoms with van der Waals surface area (Å²) in [6, 6.07) is 5.66. The van der Waals surface area contributed by atoms with Crippen molar-refractivity contribution in [3.8, 4) is 0 Å². The summed E-state index contributed by atoms with van der Waals surface area (Å²) >= 11 is 0. The van der Waals surface area contributed by atoms with Crippen LogP contribution in [0.15, 0.2) is 34.1 Å². The largest absolute Gasteiger partial charge is 0.315 e. The van der Waals surface area contributed by atoms with Crippen LogP contribution in [0.2, 0.25) is 0 Å². The fourth-order valence-corrected chi connectivity index (χ4v) is 7.11. The van der Waals surface area contributed by atoms with Gasteiger partial charge in [-0.3, -0.25) is 0 Å². The first-order valence-corrected chi connectivity index (χ1v) is 11.7. The van der Waals surface area contributed by atoms with Gasteiger partial charge in [-0.25, -0.2) is 21.6 Å². The van der Waals surface area contributed by atoms with Crippen LogP contribution in [-0.4, -0.2) is 52.4 Å². The summed E-state index contributed by atoms with van der Waals surface area (Å²) < 4.78 is 55.4. The Bertz CT molecular complexity index is 857. The molecular weight excluding hydrogens is 398 g/mol. The first-order valence-electron chi connectivity index (χ1n) is 8.74. The van der Waals surface area contributed by atoms with Crippen LogP contribution in [0, 0.1) is 0 Å². The van der Waals surface area contributed by atoms with Crippen molar-refractivity contribution in [1.29, 1.82) is 0 Å². The van der Waals surface area contributed by atoms with Gasteiger partial charge < -0.3 is 5.32 Å². The van der Waals surface area contributed by atoms with E-state index in [0.717, 1.165) is 38.6 Å². The van der Waals surface area contributed by atoms with Gasteiger partial charge in [0, 0.05) is 24.7 Å². The Balaban J connectivity index is 0.00000196.